The first-order valence-electron chi connectivity index (χ1n) is 14.4. The van der Waals surface area contributed by atoms with Crippen molar-refractivity contribution in [3.63, 3.8) is 0 Å². The predicted molar refractivity (Wildman–Crippen MR) is 179 cm³/mol. The van der Waals surface area contributed by atoms with Crippen LogP contribution in [0.5, 0.6) is 5.75 Å². The highest BCUT2D eigenvalue weighted by Gasteiger charge is 2.27. The van der Waals surface area contributed by atoms with Crippen molar-refractivity contribution in [1.82, 2.24) is 0 Å². The molecule has 0 aromatic heterocycles. The molecule has 4 aromatic carbocycles. The number of carbonyl (C=O) groups is 2. The van der Waals surface area contributed by atoms with Crippen molar-refractivity contribution >= 4 is 43.4 Å². The quantitative estimate of drug-likeness (QED) is 0.172. The Bertz CT molecular complexity index is 1930. The minimum Gasteiger partial charge on any atom is -0.488 e. The number of methoxy groups -OCH3 is 2. The summed E-state index contributed by atoms with van der Waals surface area (Å²) in [6.07, 6.45) is 0.967. The highest BCUT2D eigenvalue weighted by atomic mass is 32.2. The van der Waals surface area contributed by atoms with E-state index in [2.05, 4.69) is 4.74 Å². The average molecular weight is 681 g/mol. The summed E-state index contributed by atoms with van der Waals surface area (Å²) in [5.74, 6) is -1.56. The zero-order chi connectivity index (χ0) is 34.2. The van der Waals surface area contributed by atoms with Crippen LogP contribution in [0.15, 0.2) is 97.1 Å². The molecule has 0 amide bonds. The van der Waals surface area contributed by atoms with E-state index in [4.69, 9.17) is 9.47 Å². The number of carbonyl (C=O) groups excluding carboxylic acids is 2. The van der Waals surface area contributed by atoms with Crippen molar-refractivity contribution in [2.45, 2.75) is 25.8 Å². The molecule has 0 fully saturated rings. The van der Waals surface area contributed by atoms with E-state index in [0.717, 1.165) is 28.8 Å². The van der Waals surface area contributed by atoms with E-state index < -0.39 is 38.5 Å². The Kier molecular flexibility index (Phi) is 11.3. The molecule has 0 heterocycles. The van der Waals surface area contributed by atoms with Crippen molar-refractivity contribution in [3.8, 4) is 5.75 Å². The number of nitrogens with zero attached hydrogens (tertiary/aromatic N) is 2. The lowest BCUT2D eigenvalue weighted by Gasteiger charge is -2.26. The fraction of sp³-hybridized carbons (Fsp3) is 0.235. The lowest BCUT2D eigenvalue weighted by molar-refractivity contribution is -0.138. The van der Waals surface area contributed by atoms with E-state index in [1.165, 1.54) is 35.7 Å². The second-order valence-electron chi connectivity index (χ2n) is 10.7. The molecule has 0 aliphatic carbocycles. The minimum absolute atomic E-state index is 0.0412. The number of ether oxygens (including phenoxy) is 3. The maximum absolute atomic E-state index is 14.0. The van der Waals surface area contributed by atoms with Crippen LogP contribution in [-0.2, 0) is 53.2 Å². The molecule has 0 N–H and O–H groups in total. The summed E-state index contributed by atoms with van der Waals surface area (Å²) in [6.45, 7) is 1.45. The molecule has 0 bridgehead atoms. The summed E-state index contributed by atoms with van der Waals surface area (Å²) in [6, 6.07) is 27.0. The summed E-state index contributed by atoms with van der Waals surface area (Å²) in [5, 5.41) is 0. The molecule has 0 spiro atoms. The number of hydrogen-bond acceptors (Lipinski definition) is 9. The van der Waals surface area contributed by atoms with E-state index in [1.807, 2.05) is 31.2 Å². The molecule has 13 heteroatoms. The van der Waals surface area contributed by atoms with Crippen LogP contribution >= 0.6 is 0 Å². The van der Waals surface area contributed by atoms with Gasteiger partial charge in [0.05, 0.1) is 44.1 Å². The summed E-state index contributed by atoms with van der Waals surface area (Å²) < 4.78 is 70.5. The molecule has 4 rings (SSSR count). The van der Waals surface area contributed by atoms with Crippen LogP contribution in [0, 0.1) is 6.92 Å². The smallest absolute Gasteiger partial charge is 0.341 e. The Morgan fingerprint density at radius 3 is 1.98 bits per heavy atom. The Morgan fingerprint density at radius 2 is 1.36 bits per heavy atom. The van der Waals surface area contributed by atoms with Crippen LogP contribution in [0.25, 0.3) is 0 Å². The van der Waals surface area contributed by atoms with Crippen LogP contribution in [-0.4, -0.2) is 55.8 Å². The number of rotatable bonds is 14. The van der Waals surface area contributed by atoms with Gasteiger partial charge in [0.15, 0.2) is 0 Å². The molecule has 248 valence electrons. The predicted octanol–water partition coefficient (Wildman–Crippen LogP) is 4.84. The van der Waals surface area contributed by atoms with Gasteiger partial charge in [0, 0.05) is 0 Å². The molecule has 0 saturated heterocycles. The molecule has 0 saturated carbocycles. The van der Waals surface area contributed by atoms with Crippen molar-refractivity contribution in [3.05, 3.63) is 125 Å². The lowest BCUT2D eigenvalue weighted by Crippen LogP contribution is -2.35. The average Bonchev–Trinajstić information content (AvgIpc) is 3.04. The van der Waals surface area contributed by atoms with Crippen LogP contribution in [0.4, 0.5) is 11.4 Å². The second-order valence-corrected chi connectivity index (χ2v) is 14.5. The number of esters is 2. The van der Waals surface area contributed by atoms with Gasteiger partial charge in [-0.25, -0.2) is 21.6 Å². The normalized spacial score (nSPS) is 11.4. The number of hydrogen-bond donors (Lipinski definition) is 0. The van der Waals surface area contributed by atoms with Gasteiger partial charge in [-0.3, -0.25) is 13.4 Å². The van der Waals surface area contributed by atoms with E-state index in [0.29, 0.717) is 11.1 Å². The van der Waals surface area contributed by atoms with Crippen LogP contribution < -0.4 is 13.3 Å². The summed E-state index contributed by atoms with van der Waals surface area (Å²) in [4.78, 5) is 24.8. The topological polar surface area (TPSA) is 137 Å². The third-order valence-electron chi connectivity index (χ3n) is 7.11. The fourth-order valence-electron chi connectivity index (χ4n) is 4.76. The highest BCUT2D eigenvalue weighted by Crippen LogP contribution is 2.31. The van der Waals surface area contributed by atoms with Gasteiger partial charge in [-0.05, 0) is 53.9 Å². The van der Waals surface area contributed by atoms with Gasteiger partial charge in [-0.15, -0.1) is 0 Å². The van der Waals surface area contributed by atoms with E-state index in [-0.39, 0.29) is 41.6 Å². The summed E-state index contributed by atoms with van der Waals surface area (Å²) in [5.41, 5.74) is 3.44. The minimum atomic E-state index is -4.04. The molecule has 0 aliphatic heterocycles. The molecule has 0 aliphatic rings. The fourth-order valence-corrected chi connectivity index (χ4v) is 7.15. The molecule has 11 nitrogen and oxygen atoms in total. The Balaban J connectivity index is 1.72. The van der Waals surface area contributed by atoms with Gasteiger partial charge in [-0.1, -0.05) is 72.3 Å². The molecule has 47 heavy (non-hydrogen) atoms. The zero-order valence-corrected chi connectivity index (χ0v) is 28.1. The maximum Gasteiger partial charge on any atom is 0.341 e. The zero-order valence-electron chi connectivity index (χ0n) is 26.5. The number of benzene rings is 4. The van der Waals surface area contributed by atoms with Gasteiger partial charge in [-0.2, -0.15) is 0 Å². The van der Waals surface area contributed by atoms with Gasteiger partial charge >= 0.3 is 11.9 Å². The molecule has 0 radical (unpaired) electrons. The molecule has 0 atom stereocenters. The van der Waals surface area contributed by atoms with E-state index in [1.54, 1.807) is 48.5 Å². The molecule has 0 unspecified atom stereocenters. The molecular weight excluding hydrogens is 645 g/mol. The molecular formula is C34H36N2O9S2. The second kappa shape index (κ2) is 15.1. The Hall–Kier alpha value is -4.88. The van der Waals surface area contributed by atoms with Gasteiger partial charge in [0.2, 0.25) is 20.0 Å². The highest BCUT2D eigenvalue weighted by molar-refractivity contribution is 7.92. The largest absolute Gasteiger partial charge is 0.488 e. The van der Waals surface area contributed by atoms with Crippen molar-refractivity contribution in [2.24, 2.45) is 0 Å². The Morgan fingerprint density at radius 1 is 0.702 bits per heavy atom. The Labute approximate surface area is 275 Å². The van der Waals surface area contributed by atoms with E-state index in [9.17, 15) is 26.4 Å². The van der Waals surface area contributed by atoms with Crippen LogP contribution in [0.3, 0.4) is 0 Å². The standard InChI is InChI=1S/C34H36N2O9S2/c1-25-9-8-12-28(19-25)23-45-32-18-17-30(20-31(32)34(38)44-3)36(47(41,42)24-27-10-6-5-7-11-27)21-26-13-15-29(16-14-26)35(46(4,39)40)22-33(37)43-2/h5-20H,21-24H2,1-4H3. The third kappa shape index (κ3) is 9.33. The van der Waals surface area contributed by atoms with Crippen molar-refractivity contribution < 1.29 is 40.6 Å². The van der Waals surface area contributed by atoms with Crippen LogP contribution in [0.1, 0.15) is 32.6 Å². The first kappa shape index (κ1) is 35.0. The third-order valence-corrected chi connectivity index (χ3v) is 9.96. The van der Waals surface area contributed by atoms with Gasteiger partial charge < -0.3 is 14.2 Å². The first-order chi connectivity index (χ1) is 22.3. The van der Waals surface area contributed by atoms with Crippen molar-refractivity contribution in [2.75, 3.05) is 35.6 Å². The molecule has 4 aromatic rings. The van der Waals surface area contributed by atoms with E-state index >= 15 is 0 Å². The SMILES string of the molecule is COC(=O)CN(c1ccc(CN(c2ccc(OCc3cccc(C)c3)c(C(=O)OC)c2)S(=O)(=O)Cc2ccccc2)cc1)S(C)(=O)=O. The maximum atomic E-state index is 14.0. The van der Waals surface area contributed by atoms with Crippen LogP contribution in [0.2, 0.25) is 0 Å². The number of sulfonamides is 2. The van der Waals surface area contributed by atoms with Gasteiger partial charge in [0.25, 0.3) is 0 Å². The number of anilines is 2. The monoisotopic (exact) mass is 680 g/mol. The first-order valence-corrected chi connectivity index (χ1v) is 17.8. The number of aryl methyl sites for hydroxylation is 1. The summed E-state index contributed by atoms with van der Waals surface area (Å²) >= 11 is 0. The lowest BCUT2D eigenvalue weighted by atomic mass is 10.1. The van der Waals surface area contributed by atoms with Crippen molar-refractivity contribution in [1.29, 1.82) is 0 Å². The van der Waals surface area contributed by atoms with Gasteiger partial charge in [0.1, 0.15) is 24.5 Å². The summed E-state index contributed by atoms with van der Waals surface area (Å²) in [7, 11) is -5.49.